The van der Waals surface area contributed by atoms with E-state index in [4.69, 9.17) is 9.47 Å². The van der Waals surface area contributed by atoms with Crippen LogP contribution in [0.25, 0.3) is 0 Å². The summed E-state index contributed by atoms with van der Waals surface area (Å²) in [6.45, 7) is 3.95. The van der Waals surface area contributed by atoms with Gasteiger partial charge < -0.3 is 19.7 Å². The van der Waals surface area contributed by atoms with Gasteiger partial charge in [0.05, 0.1) is 20.1 Å². The Morgan fingerprint density at radius 2 is 1.75 bits per heavy atom. The molecule has 4 rings (SSSR count). The zero-order valence-corrected chi connectivity index (χ0v) is 19.4. The summed E-state index contributed by atoms with van der Waals surface area (Å²) >= 11 is 0. The molecule has 2 aliphatic heterocycles. The second kappa shape index (κ2) is 10.4. The maximum absolute atomic E-state index is 12.9. The number of nitrogens with one attached hydrogen (secondary N) is 1. The van der Waals surface area contributed by atoms with Crippen molar-refractivity contribution < 1.29 is 14.3 Å². The van der Waals surface area contributed by atoms with Crippen molar-refractivity contribution in [2.24, 2.45) is 11.8 Å². The van der Waals surface area contributed by atoms with Crippen molar-refractivity contribution in [3.05, 3.63) is 54.1 Å². The number of anilines is 1. The second-order valence-electron chi connectivity index (χ2n) is 9.08. The molecule has 2 fully saturated rings. The number of rotatable bonds is 7. The van der Waals surface area contributed by atoms with Gasteiger partial charge in [0, 0.05) is 30.4 Å². The van der Waals surface area contributed by atoms with E-state index in [-0.39, 0.29) is 11.8 Å². The molecule has 2 aromatic carbocycles. The van der Waals surface area contributed by atoms with Gasteiger partial charge in [0.1, 0.15) is 11.5 Å². The van der Waals surface area contributed by atoms with Gasteiger partial charge in [-0.15, -0.1) is 0 Å². The first-order chi connectivity index (χ1) is 15.6. The summed E-state index contributed by atoms with van der Waals surface area (Å²) in [4.78, 5) is 17.8. The van der Waals surface area contributed by atoms with Gasteiger partial charge in [-0.25, -0.2) is 0 Å². The van der Waals surface area contributed by atoms with E-state index < -0.39 is 0 Å². The number of amides is 1. The average Bonchev–Trinajstić information content (AvgIpc) is 3.22. The number of benzene rings is 2. The highest BCUT2D eigenvalue weighted by molar-refractivity contribution is 5.93. The molecule has 2 aliphatic rings. The molecule has 0 unspecified atom stereocenters. The number of carbonyl (C=O) groups excluding carboxylic acids is 1. The lowest BCUT2D eigenvalue weighted by atomic mass is 9.86. The lowest BCUT2D eigenvalue weighted by Gasteiger charge is -2.37. The minimum atomic E-state index is 0.0405. The molecule has 0 aromatic heterocycles. The number of hydrogen-bond donors (Lipinski definition) is 1. The minimum Gasteiger partial charge on any atom is -0.497 e. The Morgan fingerprint density at radius 3 is 2.44 bits per heavy atom. The van der Waals surface area contributed by atoms with E-state index in [1.165, 1.54) is 18.4 Å². The Kier molecular flexibility index (Phi) is 7.33. The molecule has 1 N–H and O–H groups in total. The topological polar surface area (TPSA) is 54.0 Å². The zero-order valence-electron chi connectivity index (χ0n) is 19.4. The molecule has 0 bridgehead atoms. The van der Waals surface area contributed by atoms with E-state index in [2.05, 4.69) is 34.3 Å². The van der Waals surface area contributed by atoms with Gasteiger partial charge in [-0.2, -0.15) is 0 Å². The lowest BCUT2D eigenvalue weighted by molar-refractivity contribution is -0.119. The molecule has 0 saturated carbocycles. The van der Waals surface area contributed by atoms with Gasteiger partial charge in [0.15, 0.2) is 0 Å². The van der Waals surface area contributed by atoms with Crippen LogP contribution < -0.4 is 14.8 Å². The Morgan fingerprint density at radius 1 is 1.03 bits per heavy atom. The molecule has 1 amide bonds. The molecule has 2 heterocycles. The van der Waals surface area contributed by atoms with Crippen molar-refractivity contribution in [1.82, 2.24) is 9.80 Å². The highest BCUT2D eigenvalue weighted by Gasteiger charge is 2.39. The highest BCUT2D eigenvalue weighted by atomic mass is 16.5. The number of nitrogens with zero attached hydrogens (tertiary/aromatic N) is 2. The smallest absolute Gasteiger partial charge is 0.228 e. The van der Waals surface area contributed by atoms with Crippen LogP contribution in [0.3, 0.4) is 0 Å². The summed E-state index contributed by atoms with van der Waals surface area (Å²) in [6.07, 6.45) is 3.30. The van der Waals surface area contributed by atoms with Crippen molar-refractivity contribution in [2.45, 2.75) is 31.8 Å². The van der Waals surface area contributed by atoms with E-state index >= 15 is 0 Å². The Labute approximate surface area is 191 Å². The second-order valence-corrected chi connectivity index (χ2v) is 9.08. The molecular formula is C26H35N3O3. The number of piperidine rings is 1. The van der Waals surface area contributed by atoms with Crippen molar-refractivity contribution in [3.8, 4) is 11.5 Å². The highest BCUT2D eigenvalue weighted by Crippen LogP contribution is 2.34. The van der Waals surface area contributed by atoms with E-state index in [9.17, 15) is 4.79 Å². The van der Waals surface area contributed by atoms with Crippen LogP contribution in [0.15, 0.2) is 48.5 Å². The van der Waals surface area contributed by atoms with E-state index in [0.29, 0.717) is 12.0 Å². The molecule has 2 aromatic rings. The van der Waals surface area contributed by atoms with Crippen LogP contribution in [-0.4, -0.2) is 62.7 Å². The van der Waals surface area contributed by atoms with Crippen molar-refractivity contribution in [1.29, 1.82) is 0 Å². The molecule has 32 heavy (non-hydrogen) atoms. The Hall–Kier alpha value is -2.57. The fraction of sp³-hybridized carbons (Fsp3) is 0.500. The molecule has 2 atom stereocenters. The standard InChI is InChI=1S/C26H35N3O3/c1-28-17-21(26(30)27-22-8-10-23(31-2)11-9-22)16-24(28)19-12-14-29(15-13-19)18-20-6-4-5-7-25(20)32-3/h4-11,19,21,24H,12-18H2,1-3H3,(H,27,30)/t21-,24+/m1/s1. The first-order valence-electron chi connectivity index (χ1n) is 11.6. The van der Waals surface area contributed by atoms with Gasteiger partial charge in [0.25, 0.3) is 0 Å². The number of likely N-dealkylation sites (tertiary alicyclic amines) is 2. The number of hydrogen-bond acceptors (Lipinski definition) is 5. The fourth-order valence-electron chi connectivity index (χ4n) is 5.26. The van der Waals surface area contributed by atoms with Crippen molar-refractivity contribution in [2.75, 3.05) is 46.2 Å². The van der Waals surface area contributed by atoms with Gasteiger partial charge in [-0.3, -0.25) is 9.69 Å². The summed E-state index contributed by atoms with van der Waals surface area (Å²) in [6, 6.07) is 16.3. The molecule has 172 valence electrons. The fourth-order valence-corrected chi connectivity index (χ4v) is 5.26. The largest absolute Gasteiger partial charge is 0.497 e. The molecule has 0 aliphatic carbocycles. The molecule has 0 radical (unpaired) electrons. The molecule has 6 nitrogen and oxygen atoms in total. The summed E-state index contributed by atoms with van der Waals surface area (Å²) in [5.41, 5.74) is 2.08. The number of carbonyl (C=O) groups is 1. The SMILES string of the molecule is COc1ccc(NC(=O)[C@@H]2C[C@@H](C3CCN(Cc4ccccc4OC)CC3)N(C)C2)cc1. The van der Waals surface area contributed by atoms with Crippen LogP contribution >= 0.6 is 0 Å². The number of ether oxygens (including phenoxy) is 2. The summed E-state index contributed by atoms with van der Waals surface area (Å²) in [7, 11) is 5.56. The quantitative estimate of drug-likeness (QED) is 0.713. The first kappa shape index (κ1) is 22.6. The third kappa shape index (κ3) is 5.25. The maximum Gasteiger partial charge on any atom is 0.228 e. The van der Waals surface area contributed by atoms with E-state index in [0.717, 1.165) is 49.8 Å². The summed E-state index contributed by atoms with van der Waals surface area (Å²) in [5, 5.41) is 3.08. The van der Waals surface area contributed by atoms with E-state index in [1.807, 2.05) is 36.4 Å². The van der Waals surface area contributed by atoms with Crippen LogP contribution in [0.1, 0.15) is 24.8 Å². The summed E-state index contributed by atoms with van der Waals surface area (Å²) in [5.74, 6) is 2.57. The van der Waals surface area contributed by atoms with E-state index in [1.54, 1.807) is 14.2 Å². The molecular weight excluding hydrogens is 402 g/mol. The minimum absolute atomic E-state index is 0.0405. The van der Waals surface area contributed by atoms with Crippen LogP contribution in [0, 0.1) is 11.8 Å². The third-order valence-electron chi connectivity index (χ3n) is 7.09. The predicted molar refractivity (Wildman–Crippen MR) is 127 cm³/mol. The first-order valence-corrected chi connectivity index (χ1v) is 11.6. The van der Waals surface area contributed by atoms with Crippen LogP contribution in [0.5, 0.6) is 11.5 Å². The van der Waals surface area contributed by atoms with Gasteiger partial charge in [0.2, 0.25) is 5.91 Å². The number of para-hydroxylation sites is 1. The van der Waals surface area contributed by atoms with Gasteiger partial charge >= 0.3 is 0 Å². The number of methoxy groups -OCH3 is 2. The predicted octanol–water partition coefficient (Wildman–Crippen LogP) is 3.87. The van der Waals surface area contributed by atoms with Gasteiger partial charge in [-0.1, -0.05) is 18.2 Å². The molecule has 6 heteroatoms. The van der Waals surface area contributed by atoms with Crippen LogP contribution in [0.2, 0.25) is 0 Å². The van der Waals surface area contributed by atoms with Crippen LogP contribution in [-0.2, 0) is 11.3 Å². The zero-order chi connectivity index (χ0) is 22.5. The average molecular weight is 438 g/mol. The molecule has 2 saturated heterocycles. The lowest BCUT2D eigenvalue weighted by Crippen LogP contribution is -2.41. The van der Waals surface area contributed by atoms with Crippen molar-refractivity contribution >= 4 is 11.6 Å². The van der Waals surface area contributed by atoms with Gasteiger partial charge in [-0.05, 0) is 75.6 Å². The molecule has 0 spiro atoms. The monoisotopic (exact) mass is 437 g/mol. The Balaban J connectivity index is 1.28. The normalized spacial score (nSPS) is 22.6. The summed E-state index contributed by atoms with van der Waals surface area (Å²) < 4.78 is 10.7. The Bertz CT molecular complexity index is 893. The maximum atomic E-state index is 12.9. The van der Waals surface area contributed by atoms with Crippen molar-refractivity contribution in [3.63, 3.8) is 0 Å². The third-order valence-corrected chi connectivity index (χ3v) is 7.09. The van der Waals surface area contributed by atoms with Crippen LogP contribution in [0.4, 0.5) is 5.69 Å².